The van der Waals surface area contributed by atoms with Gasteiger partial charge >= 0.3 is 0 Å². The fourth-order valence-corrected chi connectivity index (χ4v) is 2.57. The van der Waals surface area contributed by atoms with E-state index in [-0.39, 0.29) is 18.1 Å². The van der Waals surface area contributed by atoms with E-state index in [4.69, 9.17) is 0 Å². The molecule has 0 saturated heterocycles. The highest BCUT2D eigenvalue weighted by molar-refractivity contribution is 7.89. The van der Waals surface area contributed by atoms with E-state index in [0.717, 1.165) is 11.1 Å². The minimum absolute atomic E-state index is 0.0488. The van der Waals surface area contributed by atoms with Crippen molar-refractivity contribution in [2.75, 3.05) is 12.3 Å². The highest BCUT2D eigenvalue weighted by Gasteiger charge is 2.12. The van der Waals surface area contributed by atoms with Crippen molar-refractivity contribution in [2.45, 2.75) is 27.2 Å². The van der Waals surface area contributed by atoms with Gasteiger partial charge in [0, 0.05) is 5.56 Å². The molecule has 5 heteroatoms. The van der Waals surface area contributed by atoms with Gasteiger partial charge in [-0.05, 0) is 37.5 Å². The van der Waals surface area contributed by atoms with Crippen molar-refractivity contribution in [2.24, 2.45) is 0 Å². The lowest BCUT2D eigenvalue weighted by molar-refractivity contribution is 0.0997. The van der Waals surface area contributed by atoms with Crippen molar-refractivity contribution in [3.05, 3.63) is 34.9 Å². The zero-order valence-corrected chi connectivity index (χ0v) is 11.8. The van der Waals surface area contributed by atoms with Crippen LogP contribution in [0.1, 0.15) is 34.8 Å². The van der Waals surface area contributed by atoms with Gasteiger partial charge in [0.15, 0.2) is 5.78 Å². The highest BCUT2D eigenvalue weighted by Crippen LogP contribution is 2.10. The quantitative estimate of drug-likeness (QED) is 0.801. The number of nitrogens with one attached hydrogen (secondary N) is 1. The lowest BCUT2D eigenvalue weighted by Gasteiger charge is -2.06. The summed E-state index contributed by atoms with van der Waals surface area (Å²) in [7, 11) is -3.32. The highest BCUT2D eigenvalue weighted by atomic mass is 32.2. The maximum Gasteiger partial charge on any atom is 0.211 e. The maximum atomic E-state index is 11.8. The molecular formula is C13H19NO3S. The average molecular weight is 269 g/mol. The number of hydrogen-bond donors (Lipinski definition) is 1. The molecule has 1 aromatic rings. The van der Waals surface area contributed by atoms with Crippen LogP contribution in [0.2, 0.25) is 0 Å². The molecule has 0 fully saturated rings. The van der Waals surface area contributed by atoms with Crippen molar-refractivity contribution < 1.29 is 13.2 Å². The van der Waals surface area contributed by atoms with Gasteiger partial charge in [-0.15, -0.1) is 0 Å². The normalized spacial score (nSPS) is 11.5. The van der Waals surface area contributed by atoms with Crippen LogP contribution in [0.15, 0.2) is 18.2 Å². The zero-order chi connectivity index (χ0) is 13.8. The molecule has 0 amide bonds. The van der Waals surface area contributed by atoms with Gasteiger partial charge in [0.2, 0.25) is 10.0 Å². The van der Waals surface area contributed by atoms with Crippen molar-refractivity contribution in [3.63, 3.8) is 0 Å². The van der Waals surface area contributed by atoms with Crippen molar-refractivity contribution in [1.82, 2.24) is 4.72 Å². The van der Waals surface area contributed by atoms with Crippen LogP contribution in [0.3, 0.4) is 0 Å². The zero-order valence-electron chi connectivity index (χ0n) is 11.0. The standard InChI is InChI=1S/C13H19NO3S/c1-4-7-18(16,17)14-9-13(15)12-6-5-10(2)11(3)8-12/h5-6,8,14H,4,7,9H2,1-3H3. The Bertz CT molecular complexity index is 535. The van der Waals surface area contributed by atoms with E-state index in [1.54, 1.807) is 19.1 Å². The minimum atomic E-state index is -3.32. The molecule has 0 aliphatic rings. The molecule has 0 spiro atoms. The summed E-state index contributed by atoms with van der Waals surface area (Å²) >= 11 is 0. The van der Waals surface area contributed by atoms with Gasteiger partial charge in [-0.2, -0.15) is 0 Å². The van der Waals surface area contributed by atoms with E-state index in [1.807, 2.05) is 19.9 Å². The number of Topliss-reactive ketones (excluding diaryl/α,β-unsaturated/α-hetero) is 1. The Labute approximate surface area is 108 Å². The van der Waals surface area contributed by atoms with E-state index in [9.17, 15) is 13.2 Å². The first-order valence-corrected chi connectivity index (χ1v) is 7.58. The number of carbonyl (C=O) groups is 1. The summed E-state index contributed by atoms with van der Waals surface area (Å²) in [5, 5.41) is 0. The molecule has 0 saturated carbocycles. The van der Waals surface area contributed by atoms with Gasteiger partial charge in [0.1, 0.15) is 0 Å². The maximum absolute atomic E-state index is 11.8. The van der Waals surface area contributed by atoms with Crippen LogP contribution < -0.4 is 4.72 Å². The lowest BCUT2D eigenvalue weighted by atomic mass is 10.0. The predicted octanol–water partition coefficient (Wildman–Crippen LogP) is 1.82. The first-order chi connectivity index (χ1) is 8.35. The summed E-state index contributed by atoms with van der Waals surface area (Å²) < 4.78 is 25.2. The second-order valence-electron chi connectivity index (χ2n) is 4.36. The molecule has 18 heavy (non-hydrogen) atoms. The van der Waals surface area contributed by atoms with Crippen LogP contribution in [0.5, 0.6) is 0 Å². The summed E-state index contributed by atoms with van der Waals surface area (Å²) in [6, 6.07) is 5.37. The molecule has 1 rings (SSSR count). The van der Waals surface area contributed by atoms with Crippen molar-refractivity contribution >= 4 is 15.8 Å². The fraction of sp³-hybridized carbons (Fsp3) is 0.462. The Balaban J connectivity index is 2.69. The number of carbonyl (C=O) groups excluding carboxylic acids is 1. The summed E-state index contributed by atoms with van der Waals surface area (Å²) in [5.41, 5.74) is 2.67. The minimum Gasteiger partial charge on any atom is -0.293 e. The van der Waals surface area contributed by atoms with Gasteiger partial charge in [-0.1, -0.05) is 19.1 Å². The topological polar surface area (TPSA) is 63.2 Å². The van der Waals surface area contributed by atoms with E-state index in [0.29, 0.717) is 12.0 Å². The Kier molecular flexibility index (Phi) is 5.04. The van der Waals surface area contributed by atoms with Crippen LogP contribution in [-0.4, -0.2) is 26.5 Å². The molecule has 0 bridgehead atoms. The third kappa shape index (κ3) is 4.23. The Morgan fingerprint density at radius 3 is 2.44 bits per heavy atom. The number of sulfonamides is 1. The second kappa shape index (κ2) is 6.11. The Morgan fingerprint density at radius 2 is 1.89 bits per heavy atom. The molecule has 0 unspecified atom stereocenters. The number of benzene rings is 1. The van der Waals surface area contributed by atoms with Crippen LogP contribution in [0.25, 0.3) is 0 Å². The van der Waals surface area contributed by atoms with Crippen LogP contribution in [0, 0.1) is 13.8 Å². The van der Waals surface area contributed by atoms with E-state index < -0.39 is 10.0 Å². The second-order valence-corrected chi connectivity index (χ2v) is 6.29. The fourth-order valence-electron chi connectivity index (χ4n) is 1.53. The molecule has 1 aromatic carbocycles. The lowest BCUT2D eigenvalue weighted by Crippen LogP contribution is -2.31. The smallest absolute Gasteiger partial charge is 0.211 e. The first kappa shape index (κ1) is 14.9. The molecule has 4 nitrogen and oxygen atoms in total. The van der Waals surface area contributed by atoms with Gasteiger partial charge in [-0.25, -0.2) is 13.1 Å². The number of ketones is 1. The molecule has 0 aliphatic carbocycles. The van der Waals surface area contributed by atoms with Gasteiger partial charge in [0.25, 0.3) is 0 Å². The van der Waals surface area contributed by atoms with Crippen LogP contribution >= 0.6 is 0 Å². The summed E-state index contributed by atoms with van der Waals surface area (Å²) in [4.78, 5) is 11.8. The summed E-state index contributed by atoms with van der Waals surface area (Å²) in [5.74, 6) is -0.162. The van der Waals surface area contributed by atoms with Crippen molar-refractivity contribution in [1.29, 1.82) is 0 Å². The van der Waals surface area contributed by atoms with Crippen LogP contribution in [-0.2, 0) is 10.0 Å². The van der Waals surface area contributed by atoms with E-state index >= 15 is 0 Å². The van der Waals surface area contributed by atoms with Crippen LogP contribution in [0.4, 0.5) is 0 Å². The molecule has 1 N–H and O–H groups in total. The van der Waals surface area contributed by atoms with Crippen molar-refractivity contribution in [3.8, 4) is 0 Å². The predicted molar refractivity (Wildman–Crippen MR) is 72.3 cm³/mol. The molecule has 0 aliphatic heterocycles. The monoisotopic (exact) mass is 269 g/mol. The average Bonchev–Trinajstić information content (AvgIpc) is 2.30. The third-order valence-electron chi connectivity index (χ3n) is 2.75. The SMILES string of the molecule is CCCS(=O)(=O)NCC(=O)c1ccc(C)c(C)c1. The Morgan fingerprint density at radius 1 is 1.22 bits per heavy atom. The molecular weight excluding hydrogens is 250 g/mol. The first-order valence-electron chi connectivity index (χ1n) is 5.93. The van der Waals surface area contributed by atoms with Gasteiger partial charge in [0.05, 0.1) is 12.3 Å². The molecule has 0 atom stereocenters. The van der Waals surface area contributed by atoms with E-state index in [1.165, 1.54) is 0 Å². The Hall–Kier alpha value is -1.20. The van der Waals surface area contributed by atoms with Gasteiger partial charge < -0.3 is 0 Å². The van der Waals surface area contributed by atoms with E-state index in [2.05, 4.69) is 4.72 Å². The summed E-state index contributed by atoms with van der Waals surface area (Å²) in [6.45, 7) is 5.50. The summed E-state index contributed by atoms with van der Waals surface area (Å²) in [6.07, 6.45) is 0.535. The molecule has 0 radical (unpaired) electrons. The van der Waals surface area contributed by atoms with Gasteiger partial charge in [-0.3, -0.25) is 4.79 Å². The largest absolute Gasteiger partial charge is 0.293 e. The number of aryl methyl sites for hydroxylation is 2. The number of rotatable bonds is 6. The molecule has 0 heterocycles. The molecule has 0 aromatic heterocycles. The molecule has 100 valence electrons. The number of hydrogen-bond acceptors (Lipinski definition) is 3. The third-order valence-corrected chi connectivity index (χ3v) is 4.28.